The Kier molecular flexibility index (Phi) is 5.04. The molecule has 0 spiro atoms. The first-order valence-corrected chi connectivity index (χ1v) is 11.1. The highest BCUT2D eigenvalue weighted by Crippen LogP contribution is 2.30. The number of thiophene rings is 1. The normalized spacial score (nSPS) is 13.7. The molecule has 0 atom stereocenters. The number of hydrogen-bond acceptors (Lipinski definition) is 7. The van der Waals surface area contributed by atoms with Crippen molar-refractivity contribution in [2.24, 2.45) is 0 Å². The van der Waals surface area contributed by atoms with Gasteiger partial charge in [0, 0.05) is 13.0 Å². The van der Waals surface area contributed by atoms with Crippen LogP contribution in [0.3, 0.4) is 0 Å². The maximum atomic E-state index is 14.5. The van der Waals surface area contributed by atoms with Crippen molar-refractivity contribution in [1.82, 2.24) is 29.8 Å². The van der Waals surface area contributed by atoms with Gasteiger partial charge in [0.2, 0.25) is 0 Å². The summed E-state index contributed by atoms with van der Waals surface area (Å²) in [6.45, 7) is 4.09. The van der Waals surface area contributed by atoms with Gasteiger partial charge in [-0.3, -0.25) is 14.2 Å². The van der Waals surface area contributed by atoms with E-state index >= 15 is 0 Å². The minimum Gasteiger partial charge on any atom is -0.319 e. The number of nitrogens with one attached hydrogen (secondary N) is 1. The molecule has 9 nitrogen and oxygen atoms in total. The second kappa shape index (κ2) is 7.90. The number of tetrazole rings is 1. The highest BCUT2D eigenvalue weighted by atomic mass is 32.1. The molecule has 32 heavy (non-hydrogen) atoms. The van der Waals surface area contributed by atoms with Crippen LogP contribution >= 0.6 is 11.3 Å². The molecule has 1 amide bonds. The number of hydrogen-bond donors (Lipinski definition) is 1. The third-order valence-electron chi connectivity index (χ3n) is 5.69. The summed E-state index contributed by atoms with van der Waals surface area (Å²) in [6.07, 6.45) is 3.75. The van der Waals surface area contributed by atoms with Gasteiger partial charge in [-0.05, 0) is 60.9 Å². The summed E-state index contributed by atoms with van der Waals surface area (Å²) in [5.41, 5.74) is 0.968. The molecule has 1 aliphatic rings. The van der Waals surface area contributed by atoms with Gasteiger partial charge in [0.1, 0.15) is 16.5 Å². The van der Waals surface area contributed by atoms with Gasteiger partial charge in [-0.1, -0.05) is 6.42 Å². The lowest BCUT2D eigenvalue weighted by molar-refractivity contribution is 0.102. The number of carbonyl (C=O) groups is 1. The number of aryl methyl sites for hydroxylation is 3. The molecule has 1 aromatic carbocycles. The Bertz CT molecular complexity index is 1420. The molecule has 11 heteroatoms. The SMILES string of the molecule is Cc1c(C(=O)Nc2cc(-n3nnnc3C)ccc2F)sc2nc3n(c(=O)c12)CCCCC3. The van der Waals surface area contributed by atoms with Gasteiger partial charge in [-0.2, -0.15) is 4.68 Å². The predicted octanol–water partition coefficient (Wildman–Crippen LogP) is 3.17. The van der Waals surface area contributed by atoms with Crippen LogP contribution in [-0.2, 0) is 13.0 Å². The molecule has 0 saturated heterocycles. The predicted molar refractivity (Wildman–Crippen MR) is 118 cm³/mol. The van der Waals surface area contributed by atoms with Crippen molar-refractivity contribution in [3.05, 3.63) is 56.5 Å². The Morgan fingerprint density at radius 2 is 2.06 bits per heavy atom. The van der Waals surface area contributed by atoms with Crippen molar-refractivity contribution in [2.75, 3.05) is 5.32 Å². The molecule has 4 aromatic rings. The largest absolute Gasteiger partial charge is 0.319 e. The van der Waals surface area contributed by atoms with Crippen LogP contribution < -0.4 is 10.9 Å². The second-order valence-corrected chi connectivity index (χ2v) is 8.79. The Morgan fingerprint density at radius 1 is 1.22 bits per heavy atom. The minimum absolute atomic E-state index is 0.000260. The zero-order chi connectivity index (χ0) is 22.4. The lowest BCUT2D eigenvalue weighted by Crippen LogP contribution is -2.24. The van der Waals surface area contributed by atoms with Gasteiger partial charge >= 0.3 is 0 Å². The maximum absolute atomic E-state index is 14.5. The topological polar surface area (TPSA) is 108 Å². The highest BCUT2D eigenvalue weighted by Gasteiger charge is 2.23. The van der Waals surface area contributed by atoms with Crippen LogP contribution in [0.15, 0.2) is 23.0 Å². The van der Waals surface area contributed by atoms with E-state index in [1.807, 2.05) is 0 Å². The van der Waals surface area contributed by atoms with Crippen molar-refractivity contribution >= 4 is 33.1 Å². The molecular formula is C21H20FN7O2S. The van der Waals surface area contributed by atoms with Crippen LogP contribution in [-0.4, -0.2) is 35.7 Å². The molecule has 0 saturated carbocycles. The molecule has 164 valence electrons. The zero-order valence-corrected chi connectivity index (χ0v) is 18.4. The zero-order valence-electron chi connectivity index (χ0n) is 17.6. The lowest BCUT2D eigenvalue weighted by atomic mass is 10.2. The first-order chi connectivity index (χ1) is 15.4. The monoisotopic (exact) mass is 453 g/mol. The number of benzene rings is 1. The number of carbonyl (C=O) groups excluding carboxylic acids is 1. The number of halogens is 1. The smallest absolute Gasteiger partial charge is 0.266 e. The molecule has 0 fully saturated rings. The molecule has 0 unspecified atom stereocenters. The fraction of sp³-hybridized carbons (Fsp3) is 0.333. The molecule has 5 rings (SSSR count). The standard InChI is InChI=1S/C21H20FN7O2S/c1-11-17-20(24-16-6-4-3-5-9-28(16)21(17)31)32-18(11)19(30)23-15-10-13(7-8-14(15)22)29-12(2)25-26-27-29/h7-8,10H,3-6,9H2,1-2H3,(H,23,30). The first kappa shape index (κ1) is 20.4. The summed E-state index contributed by atoms with van der Waals surface area (Å²) < 4.78 is 17.6. The second-order valence-electron chi connectivity index (χ2n) is 7.79. The van der Waals surface area contributed by atoms with E-state index in [4.69, 9.17) is 0 Å². The van der Waals surface area contributed by atoms with E-state index in [0.29, 0.717) is 38.7 Å². The van der Waals surface area contributed by atoms with E-state index in [2.05, 4.69) is 25.8 Å². The van der Waals surface area contributed by atoms with Gasteiger partial charge in [0.05, 0.1) is 21.6 Å². The summed E-state index contributed by atoms with van der Waals surface area (Å²) in [4.78, 5) is 31.7. The quantitative estimate of drug-likeness (QED) is 0.511. The summed E-state index contributed by atoms with van der Waals surface area (Å²) in [5.74, 6) is 0.218. The number of rotatable bonds is 3. The van der Waals surface area contributed by atoms with E-state index in [1.54, 1.807) is 18.4 Å². The molecule has 1 N–H and O–H groups in total. The van der Waals surface area contributed by atoms with Crippen LogP contribution in [0.4, 0.5) is 10.1 Å². The number of nitrogens with zero attached hydrogens (tertiary/aromatic N) is 6. The Labute approximate surface area is 185 Å². The summed E-state index contributed by atoms with van der Waals surface area (Å²) in [6, 6.07) is 4.24. The van der Waals surface area contributed by atoms with Crippen molar-refractivity contribution in [3.63, 3.8) is 0 Å². The number of aromatic nitrogens is 6. The van der Waals surface area contributed by atoms with Crippen molar-refractivity contribution in [2.45, 2.75) is 46.1 Å². The molecule has 3 aromatic heterocycles. The van der Waals surface area contributed by atoms with E-state index < -0.39 is 11.7 Å². The first-order valence-electron chi connectivity index (χ1n) is 10.3. The third kappa shape index (κ3) is 3.38. The van der Waals surface area contributed by atoms with Crippen molar-refractivity contribution < 1.29 is 9.18 Å². The highest BCUT2D eigenvalue weighted by molar-refractivity contribution is 7.20. The molecule has 4 heterocycles. The minimum atomic E-state index is -0.587. The Balaban J connectivity index is 1.52. The van der Waals surface area contributed by atoms with Crippen LogP contribution in [0.1, 0.15) is 46.1 Å². The van der Waals surface area contributed by atoms with Gasteiger partial charge in [0.25, 0.3) is 11.5 Å². The summed E-state index contributed by atoms with van der Waals surface area (Å²) >= 11 is 1.16. The Morgan fingerprint density at radius 3 is 2.84 bits per heavy atom. The molecule has 0 aliphatic carbocycles. The molecular weight excluding hydrogens is 433 g/mol. The summed E-state index contributed by atoms with van der Waals surface area (Å²) in [7, 11) is 0. The third-order valence-corrected chi connectivity index (χ3v) is 6.87. The molecule has 0 radical (unpaired) electrons. The van der Waals surface area contributed by atoms with Crippen LogP contribution in [0.2, 0.25) is 0 Å². The number of fused-ring (bicyclic) bond motifs is 2. The van der Waals surface area contributed by atoms with Gasteiger partial charge < -0.3 is 5.32 Å². The van der Waals surface area contributed by atoms with E-state index in [9.17, 15) is 14.0 Å². The van der Waals surface area contributed by atoms with E-state index in [1.165, 1.54) is 22.9 Å². The fourth-order valence-electron chi connectivity index (χ4n) is 4.02. The summed E-state index contributed by atoms with van der Waals surface area (Å²) in [5, 5.41) is 14.4. The number of amides is 1. The van der Waals surface area contributed by atoms with E-state index in [-0.39, 0.29) is 11.2 Å². The maximum Gasteiger partial charge on any atom is 0.266 e. The lowest BCUT2D eigenvalue weighted by Gasteiger charge is -2.09. The van der Waals surface area contributed by atoms with Crippen LogP contribution in [0.5, 0.6) is 0 Å². The van der Waals surface area contributed by atoms with Crippen molar-refractivity contribution in [3.8, 4) is 5.69 Å². The average Bonchev–Trinajstić information content (AvgIpc) is 3.24. The van der Waals surface area contributed by atoms with Gasteiger partial charge in [-0.25, -0.2) is 9.37 Å². The van der Waals surface area contributed by atoms with Crippen LogP contribution in [0.25, 0.3) is 15.9 Å². The Hall–Kier alpha value is -3.47. The number of anilines is 1. The van der Waals surface area contributed by atoms with Gasteiger partial charge in [-0.15, -0.1) is 16.4 Å². The molecule has 0 bridgehead atoms. The average molecular weight is 454 g/mol. The van der Waals surface area contributed by atoms with Crippen molar-refractivity contribution in [1.29, 1.82) is 0 Å². The van der Waals surface area contributed by atoms with E-state index in [0.717, 1.165) is 42.8 Å². The van der Waals surface area contributed by atoms with Gasteiger partial charge in [0.15, 0.2) is 5.82 Å². The fourth-order valence-corrected chi connectivity index (χ4v) is 5.10. The molecule has 1 aliphatic heterocycles. The van der Waals surface area contributed by atoms with Crippen LogP contribution in [0, 0.1) is 19.7 Å².